The van der Waals surface area contributed by atoms with Crippen LogP contribution in [0.3, 0.4) is 0 Å². The molecule has 3 rings (SSSR count). The topological polar surface area (TPSA) is 73.7 Å². The SMILES string of the molecule is CC[C@@H]1C[C@H](C(F)(F)F)n2nc(C(=O)N3CCN(CC(=O)N(C)C)CC3)cc2N1. The molecule has 2 aliphatic rings. The molecule has 0 bridgehead atoms. The molecule has 11 heteroatoms. The van der Waals surface area contributed by atoms with Crippen molar-refractivity contribution >= 4 is 17.6 Å². The molecule has 1 saturated heterocycles. The largest absolute Gasteiger partial charge is 0.410 e. The van der Waals surface area contributed by atoms with Gasteiger partial charge in [0.25, 0.3) is 5.91 Å². The number of piperazine rings is 1. The second-order valence-corrected chi connectivity index (χ2v) is 7.76. The van der Waals surface area contributed by atoms with E-state index in [9.17, 15) is 22.8 Å². The molecule has 2 atom stereocenters. The summed E-state index contributed by atoms with van der Waals surface area (Å²) in [7, 11) is 3.38. The molecule has 0 aromatic carbocycles. The van der Waals surface area contributed by atoms with Crippen LogP contribution in [0.5, 0.6) is 0 Å². The molecule has 3 heterocycles. The molecule has 0 saturated carbocycles. The molecule has 162 valence electrons. The number of alkyl halides is 3. The van der Waals surface area contributed by atoms with E-state index in [2.05, 4.69) is 10.4 Å². The quantitative estimate of drug-likeness (QED) is 0.804. The third-order valence-electron chi connectivity index (χ3n) is 5.50. The molecular formula is C18H27F3N6O2. The Hall–Kier alpha value is -2.30. The Bertz CT molecular complexity index is 755. The standard InChI is InChI=1S/C18H27F3N6O2/c1-4-12-9-14(18(19,20)21)27-15(22-12)10-13(23-27)17(29)26-7-5-25(6-8-26)11-16(28)24(2)3/h10,12,14,22H,4-9,11H2,1-3H3/t12-,14-/m1/s1. The zero-order valence-corrected chi connectivity index (χ0v) is 16.9. The van der Waals surface area contributed by atoms with Crippen molar-refractivity contribution in [2.24, 2.45) is 0 Å². The molecule has 2 amide bonds. The smallest absolute Gasteiger partial charge is 0.367 e. The van der Waals surface area contributed by atoms with Crippen LogP contribution < -0.4 is 5.32 Å². The van der Waals surface area contributed by atoms with E-state index in [0.29, 0.717) is 32.6 Å². The number of hydrogen-bond donors (Lipinski definition) is 1. The van der Waals surface area contributed by atoms with E-state index in [-0.39, 0.29) is 42.3 Å². The van der Waals surface area contributed by atoms with Gasteiger partial charge in [-0.1, -0.05) is 6.92 Å². The Kier molecular flexibility index (Phi) is 6.06. The summed E-state index contributed by atoms with van der Waals surface area (Å²) in [6, 6.07) is -0.643. The highest BCUT2D eigenvalue weighted by atomic mass is 19.4. The molecule has 0 unspecified atom stereocenters. The summed E-state index contributed by atoms with van der Waals surface area (Å²) >= 11 is 0. The molecule has 8 nitrogen and oxygen atoms in total. The van der Waals surface area contributed by atoms with Crippen LogP contribution in [0.2, 0.25) is 0 Å². The van der Waals surface area contributed by atoms with Crippen LogP contribution in [-0.4, -0.2) is 95.3 Å². The van der Waals surface area contributed by atoms with Crippen LogP contribution in [0.25, 0.3) is 0 Å². The van der Waals surface area contributed by atoms with Gasteiger partial charge in [0, 0.05) is 52.4 Å². The Morgan fingerprint density at radius 1 is 1.24 bits per heavy atom. The normalized spacial score (nSPS) is 22.8. The number of nitrogens with one attached hydrogen (secondary N) is 1. The third-order valence-corrected chi connectivity index (χ3v) is 5.50. The van der Waals surface area contributed by atoms with Crippen LogP contribution >= 0.6 is 0 Å². The minimum Gasteiger partial charge on any atom is -0.367 e. The Morgan fingerprint density at radius 2 is 1.90 bits per heavy atom. The van der Waals surface area contributed by atoms with Gasteiger partial charge in [-0.05, 0) is 12.8 Å². The van der Waals surface area contributed by atoms with Crippen molar-refractivity contribution in [3.63, 3.8) is 0 Å². The molecule has 2 aliphatic heterocycles. The van der Waals surface area contributed by atoms with Gasteiger partial charge in [-0.25, -0.2) is 4.68 Å². The van der Waals surface area contributed by atoms with Gasteiger partial charge in [0.15, 0.2) is 11.7 Å². The first-order chi connectivity index (χ1) is 13.6. The number of rotatable bonds is 4. The Balaban J connectivity index is 1.69. The van der Waals surface area contributed by atoms with E-state index >= 15 is 0 Å². The summed E-state index contributed by atoms with van der Waals surface area (Å²) in [6.07, 6.45) is -3.99. The lowest BCUT2D eigenvalue weighted by Crippen LogP contribution is -2.51. The maximum absolute atomic E-state index is 13.5. The predicted octanol–water partition coefficient (Wildman–Crippen LogP) is 1.43. The lowest BCUT2D eigenvalue weighted by atomic mass is 10.0. The zero-order chi connectivity index (χ0) is 21.3. The number of amides is 2. The lowest BCUT2D eigenvalue weighted by molar-refractivity contribution is -0.173. The van der Waals surface area contributed by atoms with Crippen molar-refractivity contribution < 1.29 is 22.8 Å². The average Bonchev–Trinajstić information content (AvgIpc) is 3.10. The van der Waals surface area contributed by atoms with Crippen molar-refractivity contribution in [2.45, 2.75) is 38.0 Å². The fourth-order valence-electron chi connectivity index (χ4n) is 3.63. The first-order valence-electron chi connectivity index (χ1n) is 9.74. The van der Waals surface area contributed by atoms with Crippen molar-refractivity contribution in [2.75, 3.05) is 52.1 Å². The molecular weight excluding hydrogens is 389 g/mol. The highest BCUT2D eigenvalue weighted by Crippen LogP contribution is 2.40. The van der Waals surface area contributed by atoms with Gasteiger partial charge in [0.05, 0.1) is 6.54 Å². The van der Waals surface area contributed by atoms with E-state index < -0.39 is 12.2 Å². The average molecular weight is 416 g/mol. The lowest BCUT2D eigenvalue weighted by Gasteiger charge is -2.34. The number of carbonyl (C=O) groups is 2. The van der Waals surface area contributed by atoms with Gasteiger partial charge in [-0.15, -0.1) is 0 Å². The summed E-state index contributed by atoms with van der Waals surface area (Å²) in [5, 5.41) is 7.05. The molecule has 29 heavy (non-hydrogen) atoms. The van der Waals surface area contributed by atoms with E-state index in [1.165, 1.54) is 11.0 Å². The first kappa shape index (κ1) is 21.4. The number of hydrogen-bond acceptors (Lipinski definition) is 5. The highest BCUT2D eigenvalue weighted by molar-refractivity contribution is 5.93. The summed E-state index contributed by atoms with van der Waals surface area (Å²) < 4.78 is 41.3. The molecule has 1 N–H and O–H groups in total. The first-order valence-corrected chi connectivity index (χ1v) is 9.74. The molecule has 0 spiro atoms. The van der Waals surface area contributed by atoms with Crippen LogP contribution in [0.15, 0.2) is 6.07 Å². The molecule has 1 aromatic rings. The number of anilines is 1. The second-order valence-electron chi connectivity index (χ2n) is 7.76. The maximum Gasteiger partial charge on any atom is 0.410 e. The van der Waals surface area contributed by atoms with Gasteiger partial charge >= 0.3 is 6.18 Å². The van der Waals surface area contributed by atoms with Crippen molar-refractivity contribution in [1.82, 2.24) is 24.5 Å². The number of halogens is 3. The number of aromatic nitrogens is 2. The van der Waals surface area contributed by atoms with Crippen LogP contribution in [0.4, 0.5) is 19.0 Å². The van der Waals surface area contributed by atoms with Gasteiger partial charge in [0.2, 0.25) is 5.91 Å². The zero-order valence-electron chi connectivity index (χ0n) is 16.9. The van der Waals surface area contributed by atoms with Crippen LogP contribution in [-0.2, 0) is 4.79 Å². The number of carbonyl (C=O) groups excluding carboxylic acids is 2. The molecule has 1 fully saturated rings. The summed E-state index contributed by atoms with van der Waals surface area (Å²) in [4.78, 5) is 29.7. The van der Waals surface area contributed by atoms with E-state index in [4.69, 9.17) is 0 Å². The van der Waals surface area contributed by atoms with Gasteiger partial charge in [-0.3, -0.25) is 14.5 Å². The number of likely N-dealkylation sites (N-methyl/N-ethyl adjacent to an activating group) is 1. The summed E-state index contributed by atoms with van der Waals surface area (Å²) in [5.74, 6) is -0.174. The van der Waals surface area contributed by atoms with E-state index in [1.54, 1.807) is 19.0 Å². The number of nitrogens with zero attached hydrogens (tertiary/aromatic N) is 5. The molecule has 1 aromatic heterocycles. The maximum atomic E-state index is 13.5. The van der Waals surface area contributed by atoms with Crippen molar-refractivity contribution in [3.05, 3.63) is 11.8 Å². The predicted molar refractivity (Wildman–Crippen MR) is 101 cm³/mol. The van der Waals surface area contributed by atoms with Crippen LogP contribution in [0, 0.1) is 0 Å². The van der Waals surface area contributed by atoms with Gasteiger partial charge < -0.3 is 15.1 Å². The monoisotopic (exact) mass is 416 g/mol. The Labute approximate surface area is 167 Å². The fraction of sp³-hybridized carbons (Fsp3) is 0.722. The minimum absolute atomic E-state index is 0.0105. The minimum atomic E-state index is -4.43. The molecule has 0 radical (unpaired) electrons. The van der Waals surface area contributed by atoms with E-state index in [0.717, 1.165) is 4.68 Å². The van der Waals surface area contributed by atoms with Gasteiger partial charge in [0.1, 0.15) is 5.82 Å². The number of fused-ring (bicyclic) bond motifs is 1. The van der Waals surface area contributed by atoms with E-state index in [1.807, 2.05) is 11.8 Å². The van der Waals surface area contributed by atoms with Crippen molar-refractivity contribution in [1.29, 1.82) is 0 Å². The Morgan fingerprint density at radius 3 is 2.45 bits per heavy atom. The molecule has 0 aliphatic carbocycles. The second kappa shape index (κ2) is 8.21. The van der Waals surface area contributed by atoms with Gasteiger partial charge in [-0.2, -0.15) is 18.3 Å². The summed E-state index contributed by atoms with van der Waals surface area (Å²) in [6.45, 7) is 3.96. The highest BCUT2D eigenvalue weighted by Gasteiger charge is 2.46. The fourth-order valence-corrected chi connectivity index (χ4v) is 3.63. The van der Waals surface area contributed by atoms with Crippen molar-refractivity contribution in [3.8, 4) is 0 Å². The van der Waals surface area contributed by atoms with Crippen LogP contribution in [0.1, 0.15) is 36.3 Å². The summed E-state index contributed by atoms with van der Waals surface area (Å²) in [5.41, 5.74) is 0.0105. The third kappa shape index (κ3) is 4.65.